The summed E-state index contributed by atoms with van der Waals surface area (Å²) in [7, 11) is -3.37. The van der Waals surface area contributed by atoms with E-state index in [1.165, 1.54) is 0 Å². The highest BCUT2D eigenvalue weighted by Crippen LogP contribution is 2.15. The molecule has 0 fully saturated rings. The first kappa shape index (κ1) is 13.8. The molecular formula is C8H18N2O2S2. The molecule has 0 bridgehead atoms. The second kappa shape index (κ2) is 7.11. The minimum Gasteiger partial charge on any atom is -0.228 e. The zero-order valence-corrected chi connectivity index (χ0v) is 10.3. The molecule has 0 aliphatic heterocycles. The summed E-state index contributed by atoms with van der Waals surface area (Å²) in [6.07, 6.45) is 3.94. The van der Waals surface area contributed by atoms with Crippen molar-refractivity contribution in [3.63, 3.8) is 0 Å². The molecule has 1 atom stereocenters. The van der Waals surface area contributed by atoms with Crippen molar-refractivity contribution < 1.29 is 8.42 Å². The highest BCUT2D eigenvalue weighted by molar-refractivity contribution is 7.93. The fourth-order valence-corrected chi connectivity index (χ4v) is 2.98. The molecule has 1 N–H and O–H groups in total. The predicted molar refractivity (Wildman–Crippen MR) is 59.6 cm³/mol. The van der Waals surface area contributed by atoms with Crippen molar-refractivity contribution in [2.45, 2.75) is 39.5 Å². The van der Waals surface area contributed by atoms with E-state index in [-0.39, 0.29) is 23.0 Å². The molecule has 0 aliphatic rings. The fraction of sp³-hybridized carbons (Fsp3) is 1.00. The number of hydrogen-bond acceptors (Lipinski definition) is 3. The van der Waals surface area contributed by atoms with Crippen LogP contribution in [0.3, 0.4) is 0 Å². The summed E-state index contributed by atoms with van der Waals surface area (Å²) in [4.78, 5) is 0. The Morgan fingerprint density at radius 1 is 1.43 bits per heavy atom. The Balaban J connectivity index is 4.23. The van der Waals surface area contributed by atoms with Crippen molar-refractivity contribution in [2.75, 3.05) is 5.75 Å². The van der Waals surface area contributed by atoms with Gasteiger partial charge in [0.05, 0.1) is 17.1 Å². The third-order valence-electron chi connectivity index (χ3n) is 2.14. The van der Waals surface area contributed by atoms with Crippen LogP contribution in [0.2, 0.25) is 0 Å². The monoisotopic (exact) mass is 238 g/mol. The van der Waals surface area contributed by atoms with Gasteiger partial charge in [-0.3, -0.25) is 0 Å². The summed E-state index contributed by atoms with van der Waals surface area (Å²) in [6, 6.07) is 0. The van der Waals surface area contributed by atoms with Crippen LogP contribution in [-0.2, 0) is 21.4 Å². The summed E-state index contributed by atoms with van der Waals surface area (Å²) < 4.78 is 32.4. The lowest BCUT2D eigenvalue weighted by atomic mass is 10.0. The maximum atomic E-state index is 11.3. The van der Waals surface area contributed by atoms with Crippen LogP contribution < -0.4 is 0 Å². The molecule has 0 saturated carbocycles. The predicted octanol–water partition coefficient (Wildman–Crippen LogP) is 2.56. The van der Waals surface area contributed by atoms with Gasteiger partial charge >= 0.3 is 0 Å². The fourth-order valence-electron chi connectivity index (χ4n) is 1.28. The molecule has 0 aliphatic carbocycles. The standard InChI is InChI=1S/C8H18N2O2S2/c1-3-5-6-8(4-2)7-14(11,12)10-13-9/h8-9H,3-7H2,1-2H3. The molecule has 14 heavy (non-hydrogen) atoms. The number of hydrogen-bond donors (Lipinski definition) is 1. The maximum Gasteiger partial charge on any atom is 0.264 e. The Bertz CT molecular complexity index is 294. The van der Waals surface area contributed by atoms with Crippen molar-refractivity contribution in [1.82, 2.24) is 0 Å². The van der Waals surface area contributed by atoms with E-state index in [1.807, 2.05) is 6.92 Å². The van der Waals surface area contributed by atoms with Crippen LogP contribution in [0, 0.1) is 10.7 Å². The highest BCUT2D eigenvalue weighted by Gasteiger charge is 2.16. The van der Waals surface area contributed by atoms with Crippen LogP contribution in [0.5, 0.6) is 0 Å². The van der Waals surface area contributed by atoms with Crippen LogP contribution >= 0.6 is 0 Å². The van der Waals surface area contributed by atoms with Gasteiger partial charge in [-0.25, -0.2) is 13.2 Å². The number of rotatable bonds is 7. The van der Waals surface area contributed by atoms with Gasteiger partial charge in [-0.2, -0.15) is 0 Å². The van der Waals surface area contributed by atoms with E-state index in [2.05, 4.69) is 10.7 Å². The first-order valence-electron chi connectivity index (χ1n) is 4.83. The Morgan fingerprint density at radius 2 is 2.07 bits per heavy atom. The van der Waals surface area contributed by atoms with Crippen molar-refractivity contribution in [3.05, 3.63) is 0 Å². The highest BCUT2D eigenvalue weighted by atomic mass is 32.2. The molecule has 0 rings (SSSR count). The van der Waals surface area contributed by atoms with Gasteiger partial charge < -0.3 is 0 Å². The minimum atomic E-state index is -3.37. The van der Waals surface area contributed by atoms with Gasteiger partial charge in [-0.05, 0) is 12.3 Å². The molecule has 0 radical (unpaired) electrons. The van der Waals surface area contributed by atoms with Crippen LogP contribution in [-0.4, -0.2) is 14.2 Å². The van der Waals surface area contributed by atoms with Crippen molar-refractivity contribution in [2.24, 2.45) is 9.69 Å². The number of unbranched alkanes of at least 4 members (excludes halogenated alkanes) is 1. The molecule has 0 saturated heterocycles. The van der Waals surface area contributed by atoms with Crippen molar-refractivity contribution >= 4 is 21.4 Å². The van der Waals surface area contributed by atoms with Crippen molar-refractivity contribution in [3.8, 4) is 0 Å². The molecule has 0 aromatic heterocycles. The van der Waals surface area contributed by atoms with E-state index >= 15 is 0 Å². The van der Waals surface area contributed by atoms with Gasteiger partial charge in [-0.15, -0.1) is 0 Å². The molecule has 0 aromatic carbocycles. The van der Waals surface area contributed by atoms with E-state index in [4.69, 9.17) is 4.78 Å². The third-order valence-corrected chi connectivity index (χ3v) is 4.24. The zero-order chi connectivity index (χ0) is 11.0. The average molecular weight is 238 g/mol. The van der Waals surface area contributed by atoms with Crippen molar-refractivity contribution in [1.29, 1.82) is 4.78 Å². The first-order chi connectivity index (χ1) is 6.55. The lowest BCUT2D eigenvalue weighted by Gasteiger charge is -2.11. The largest absolute Gasteiger partial charge is 0.264 e. The summed E-state index contributed by atoms with van der Waals surface area (Å²) in [5.41, 5.74) is 0. The normalized spacial score (nSPS) is 13.6. The number of sulfonamides is 1. The van der Waals surface area contributed by atoms with E-state index in [0.29, 0.717) is 0 Å². The van der Waals surface area contributed by atoms with Gasteiger partial charge in [0.15, 0.2) is 0 Å². The van der Waals surface area contributed by atoms with E-state index in [0.717, 1.165) is 25.7 Å². The quantitative estimate of drug-likeness (QED) is 0.740. The Labute approximate surface area is 89.8 Å². The second-order valence-corrected chi connectivity index (χ2v) is 5.61. The van der Waals surface area contributed by atoms with Gasteiger partial charge in [0.25, 0.3) is 10.0 Å². The molecule has 0 amide bonds. The van der Waals surface area contributed by atoms with E-state index in [1.54, 1.807) is 0 Å². The smallest absolute Gasteiger partial charge is 0.228 e. The first-order valence-corrected chi connectivity index (χ1v) is 7.21. The third kappa shape index (κ3) is 6.26. The van der Waals surface area contributed by atoms with Gasteiger partial charge in [0.1, 0.15) is 0 Å². The van der Waals surface area contributed by atoms with Crippen LogP contribution in [0.1, 0.15) is 39.5 Å². The van der Waals surface area contributed by atoms with Crippen LogP contribution in [0.25, 0.3) is 0 Å². The summed E-state index contributed by atoms with van der Waals surface area (Å²) >= 11 is 0.272. The van der Waals surface area contributed by atoms with Crippen LogP contribution in [0.4, 0.5) is 0 Å². The van der Waals surface area contributed by atoms with E-state index < -0.39 is 10.0 Å². The molecule has 1 unspecified atom stereocenters. The molecular weight excluding hydrogens is 220 g/mol. The van der Waals surface area contributed by atoms with Gasteiger partial charge in [0, 0.05) is 0 Å². The van der Waals surface area contributed by atoms with Gasteiger partial charge in [-0.1, -0.05) is 36.9 Å². The Kier molecular flexibility index (Phi) is 7.00. The van der Waals surface area contributed by atoms with Crippen LogP contribution in [0.15, 0.2) is 3.77 Å². The lowest BCUT2D eigenvalue weighted by molar-refractivity contribution is 0.484. The Morgan fingerprint density at radius 3 is 2.50 bits per heavy atom. The molecule has 0 heterocycles. The molecule has 4 nitrogen and oxygen atoms in total. The Hall–Kier alpha value is -0.230. The average Bonchev–Trinajstić information content (AvgIpc) is 2.12. The summed E-state index contributed by atoms with van der Waals surface area (Å²) in [6.45, 7) is 4.08. The number of nitrogens with zero attached hydrogens (tertiary/aromatic N) is 1. The second-order valence-electron chi connectivity index (χ2n) is 3.33. The molecule has 6 heteroatoms. The van der Waals surface area contributed by atoms with E-state index in [9.17, 15) is 8.42 Å². The summed E-state index contributed by atoms with van der Waals surface area (Å²) in [5, 5.41) is 0. The zero-order valence-electron chi connectivity index (χ0n) is 8.69. The van der Waals surface area contributed by atoms with Gasteiger partial charge in [0.2, 0.25) is 0 Å². The maximum absolute atomic E-state index is 11.3. The molecule has 84 valence electrons. The molecule has 0 spiro atoms. The number of nitrogens with one attached hydrogen (secondary N) is 1. The minimum absolute atomic E-state index is 0.0926. The summed E-state index contributed by atoms with van der Waals surface area (Å²) in [5.74, 6) is 0.283. The lowest BCUT2D eigenvalue weighted by Crippen LogP contribution is -2.13. The SMILES string of the molecule is CCCCC(CC)CS(=O)(=O)N=S=N. The molecule has 0 aromatic rings. The topological polar surface area (TPSA) is 70.3 Å².